The SMILES string of the molecule is Cc1ccc(-n2cnnc2C=O)cc1. The van der Waals surface area contributed by atoms with Crippen LogP contribution in [0.4, 0.5) is 0 Å². The van der Waals surface area contributed by atoms with Gasteiger partial charge in [-0.15, -0.1) is 10.2 Å². The molecular formula is C10H9N3O. The molecule has 0 aliphatic carbocycles. The average Bonchev–Trinajstić information content (AvgIpc) is 2.67. The normalized spacial score (nSPS) is 10.1. The zero-order valence-corrected chi connectivity index (χ0v) is 7.71. The summed E-state index contributed by atoms with van der Waals surface area (Å²) in [6.07, 6.45) is 2.21. The van der Waals surface area contributed by atoms with E-state index < -0.39 is 0 Å². The van der Waals surface area contributed by atoms with Crippen molar-refractivity contribution < 1.29 is 4.79 Å². The summed E-state index contributed by atoms with van der Waals surface area (Å²) in [6, 6.07) is 7.80. The van der Waals surface area contributed by atoms with Crippen LogP contribution in [-0.2, 0) is 0 Å². The molecule has 0 fully saturated rings. The molecule has 2 aromatic rings. The molecule has 0 N–H and O–H groups in total. The number of hydrogen-bond acceptors (Lipinski definition) is 3. The van der Waals surface area contributed by atoms with Crippen molar-refractivity contribution in [2.75, 3.05) is 0 Å². The summed E-state index contributed by atoms with van der Waals surface area (Å²) in [6.45, 7) is 2.01. The smallest absolute Gasteiger partial charge is 0.201 e. The molecule has 0 aliphatic rings. The molecule has 0 aliphatic heterocycles. The largest absolute Gasteiger partial charge is 0.294 e. The second-order valence-electron chi connectivity index (χ2n) is 3.01. The van der Waals surface area contributed by atoms with Crippen molar-refractivity contribution in [3.8, 4) is 5.69 Å². The van der Waals surface area contributed by atoms with Gasteiger partial charge in [-0.3, -0.25) is 9.36 Å². The molecule has 1 heterocycles. The van der Waals surface area contributed by atoms with Crippen LogP contribution in [0.3, 0.4) is 0 Å². The van der Waals surface area contributed by atoms with Crippen LogP contribution in [-0.4, -0.2) is 21.1 Å². The van der Waals surface area contributed by atoms with Crippen molar-refractivity contribution in [1.82, 2.24) is 14.8 Å². The summed E-state index contributed by atoms with van der Waals surface area (Å²) in [5.41, 5.74) is 2.07. The van der Waals surface area contributed by atoms with Gasteiger partial charge >= 0.3 is 0 Å². The average molecular weight is 187 g/mol. The first-order valence-corrected chi connectivity index (χ1v) is 4.23. The van der Waals surface area contributed by atoms with E-state index in [1.54, 1.807) is 4.57 Å². The molecule has 0 saturated carbocycles. The predicted octanol–water partition coefficient (Wildman–Crippen LogP) is 1.39. The number of benzene rings is 1. The quantitative estimate of drug-likeness (QED) is 0.667. The van der Waals surface area contributed by atoms with Crippen molar-refractivity contribution in [2.45, 2.75) is 6.92 Å². The van der Waals surface area contributed by atoms with Crippen LogP contribution in [0.5, 0.6) is 0 Å². The monoisotopic (exact) mass is 187 g/mol. The van der Waals surface area contributed by atoms with Gasteiger partial charge in [-0.2, -0.15) is 0 Å². The summed E-state index contributed by atoms with van der Waals surface area (Å²) in [5.74, 6) is 0.314. The van der Waals surface area contributed by atoms with E-state index in [0.717, 1.165) is 5.69 Å². The molecule has 0 atom stereocenters. The van der Waals surface area contributed by atoms with Crippen molar-refractivity contribution in [1.29, 1.82) is 0 Å². The zero-order valence-electron chi connectivity index (χ0n) is 7.71. The first-order chi connectivity index (χ1) is 6.81. The Morgan fingerprint density at radius 3 is 2.64 bits per heavy atom. The van der Waals surface area contributed by atoms with Gasteiger partial charge in [0, 0.05) is 5.69 Å². The standard InChI is InChI=1S/C10H9N3O/c1-8-2-4-9(5-3-8)13-7-11-12-10(13)6-14/h2-7H,1H3. The Morgan fingerprint density at radius 2 is 2.00 bits per heavy atom. The van der Waals surface area contributed by atoms with Crippen LogP contribution < -0.4 is 0 Å². The van der Waals surface area contributed by atoms with Crippen molar-refractivity contribution in [2.24, 2.45) is 0 Å². The molecule has 70 valence electrons. The molecule has 0 amide bonds. The number of hydrogen-bond donors (Lipinski definition) is 0. The Labute approximate surface area is 81.2 Å². The highest BCUT2D eigenvalue weighted by Gasteiger charge is 2.03. The van der Waals surface area contributed by atoms with E-state index in [2.05, 4.69) is 10.2 Å². The second-order valence-corrected chi connectivity index (χ2v) is 3.01. The highest BCUT2D eigenvalue weighted by atomic mass is 16.1. The first-order valence-electron chi connectivity index (χ1n) is 4.23. The maximum Gasteiger partial charge on any atom is 0.201 e. The Hall–Kier alpha value is -1.97. The van der Waals surface area contributed by atoms with Gasteiger partial charge in [0.2, 0.25) is 5.82 Å². The molecule has 0 radical (unpaired) electrons. The van der Waals surface area contributed by atoms with E-state index in [1.807, 2.05) is 31.2 Å². The highest BCUT2D eigenvalue weighted by Crippen LogP contribution is 2.09. The summed E-state index contributed by atoms with van der Waals surface area (Å²) >= 11 is 0. The minimum atomic E-state index is 0.314. The van der Waals surface area contributed by atoms with E-state index in [9.17, 15) is 4.79 Å². The number of aryl methyl sites for hydroxylation is 1. The number of nitrogens with zero attached hydrogens (tertiary/aromatic N) is 3. The molecule has 14 heavy (non-hydrogen) atoms. The lowest BCUT2D eigenvalue weighted by Crippen LogP contribution is -1.98. The van der Waals surface area contributed by atoms with Gasteiger partial charge in [0.25, 0.3) is 0 Å². The fourth-order valence-electron chi connectivity index (χ4n) is 1.23. The van der Waals surface area contributed by atoms with Gasteiger partial charge < -0.3 is 0 Å². The summed E-state index contributed by atoms with van der Waals surface area (Å²) < 4.78 is 1.65. The molecular weight excluding hydrogens is 178 g/mol. The third kappa shape index (κ3) is 1.42. The minimum absolute atomic E-state index is 0.314. The van der Waals surface area contributed by atoms with E-state index in [1.165, 1.54) is 11.9 Å². The number of aromatic nitrogens is 3. The Morgan fingerprint density at radius 1 is 1.29 bits per heavy atom. The molecule has 4 heteroatoms. The predicted molar refractivity (Wildman–Crippen MR) is 51.5 cm³/mol. The van der Waals surface area contributed by atoms with Gasteiger partial charge in [0.15, 0.2) is 6.29 Å². The molecule has 1 aromatic heterocycles. The van der Waals surface area contributed by atoms with Gasteiger partial charge in [-0.05, 0) is 19.1 Å². The maximum absolute atomic E-state index is 10.6. The lowest BCUT2D eigenvalue weighted by Gasteiger charge is -2.02. The number of carbonyl (C=O) groups excluding carboxylic acids is 1. The Kier molecular flexibility index (Phi) is 2.10. The van der Waals surface area contributed by atoms with Crippen molar-refractivity contribution >= 4 is 6.29 Å². The van der Waals surface area contributed by atoms with Gasteiger partial charge in [-0.1, -0.05) is 17.7 Å². The lowest BCUT2D eigenvalue weighted by molar-refractivity contribution is 0.111. The minimum Gasteiger partial charge on any atom is -0.294 e. The van der Waals surface area contributed by atoms with Crippen molar-refractivity contribution in [3.05, 3.63) is 42.0 Å². The topological polar surface area (TPSA) is 47.8 Å². The fraction of sp³-hybridized carbons (Fsp3) is 0.100. The first kappa shape index (κ1) is 8.62. The van der Waals surface area contributed by atoms with Gasteiger partial charge in [0.05, 0.1) is 0 Å². The zero-order chi connectivity index (χ0) is 9.97. The summed E-state index contributed by atoms with van der Waals surface area (Å²) in [7, 11) is 0. The van der Waals surface area contributed by atoms with E-state index in [0.29, 0.717) is 12.1 Å². The number of carbonyl (C=O) groups is 1. The molecule has 1 aromatic carbocycles. The van der Waals surface area contributed by atoms with E-state index in [4.69, 9.17) is 0 Å². The summed E-state index contributed by atoms with van der Waals surface area (Å²) in [5, 5.41) is 7.35. The highest BCUT2D eigenvalue weighted by molar-refractivity contribution is 5.70. The van der Waals surface area contributed by atoms with Crippen LogP contribution in [0.15, 0.2) is 30.6 Å². The lowest BCUT2D eigenvalue weighted by atomic mass is 10.2. The molecule has 0 unspecified atom stereocenters. The maximum atomic E-state index is 10.6. The molecule has 4 nitrogen and oxygen atoms in total. The number of rotatable bonds is 2. The van der Waals surface area contributed by atoms with Gasteiger partial charge in [-0.25, -0.2) is 0 Å². The van der Waals surface area contributed by atoms with Crippen LogP contribution in [0, 0.1) is 6.92 Å². The van der Waals surface area contributed by atoms with Crippen LogP contribution >= 0.6 is 0 Å². The molecule has 0 bridgehead atoms. The Bertz CT molecular complexity index is 445. The third-order valence-corrected chi connectivity index (χ3v) is 1.99. The van der Waals surface area contributed by atoms with Crippen LogP contribution in [0.2, 0.25) is 0 Å². The third-order valence-electron chi connectivity index (χ3n) is 1.99. The number of aldehydes is 1. The van der Waals surface area contributed by atoms with Gasteiger partial charge in [0.1, 0.15) is 6.33 Å². The molecule has 2 rings (SSSR count). The molecule has 0 saturated heterocycles. The van der Waals surface area contributed by atoms with E-state index in [-0.39, 0.29) is 0 Å². The molecule has 0 spiro atoms. The van der Waals surface area contributed by atoms with Crippen molar-refractivity contribution in [3.63, 3.8) is 0 Å². The summed E-state index contributed by atoms with van der Waals surface area (Å²) in [4.78, 5) is 10.6. The fourth-order valence-corrected chi connectivity index (χ4v) is 1.23. The van der Waals surface area contributed by atoms with Crippen LogP contribution in [0.1, 0.15) is 16.2 Å². The second kappa shape index (κ2) is 3.41. The Balaban J connectivity index is 2.49. The van der Waals surface area contributed by atoms with E-state index >= 15 is 0 Å². The van der Waals surface area contributed by atoms with Crippen LogP contribution in [0.25, 0.3) is 5.69 Å².